The number of furan rings is 1. The molecule has 0 spiro atoms. The van der Waals surface area contributed by atoms with Gasteiger partial charge in [0.25, 0.3) is 0 Å². The van der Waals surface area contributed by atoms with Crippen molar-refractivity contribution in [2.24, 2.45) is 0 Å². The van der Waals surface area contributed by atoms with Gasteiger partial charge < -0.3 is 4.42 Å². The Balaban J connectivity index is 1.21. The van der Waals surface area contributed by atoms with Gasteiger partial charge in [-0.1, -0.05) is 152 Å². The molecular formula is C47H29N3O. The first-order chi connectivity index (χ1) is 25.3. The second-order valence-corrected chi connectivity index (χ2v) is 12.8. The maximum atomic E-state index is 6.27. The number of hydrogen-bond acceptors (Lipinski definition) is 4. The molecule has 0 atom stereocenters. The predicted octanol–water partition coefficient (Wildman–Crippen LogP) is 12.4. The third-order valence-electron chi connectivity index (χ3n) is 9.73. The molecule has 8 aromatic carbocycles. The van der Waals surface area contributed by atoms with Gasteiger partial charge in [-0.05, 0) is 68.1 Å². The number of benzene rings is 8. The molecule has 0 amide bonds. The van der Waals surface area contributed by atoms with Crippen molar-refractivity contribution in [3.63, 3.8) is 0 Å². The van der Waals surface area contributed by atoms with Gasteiger partial charge in [0.05, 0.1) is 0 Å². The lowest BCUT2D eigenvalue weighted by atomic mass is 9.92. The molecule has 2 aromatic heterocycles. The zero-order valence-corrected chi connectivity index (χ0v) is 27.5. The van der Waals surface area contributed by atoms with Crippen LogP contribution in [0.15, 0.2) is 180 Å². The summed E-state index contributed by atoms with van der Waals surface area (Å²) in [5.41, 5.74) is 9.02. The summed E-state index contributed by atoms with van der Waals surface area (Å²) < 4.78 is 6.27. The Morgan fingerprint density at radius 2 is 0.902 bits per heavy atom. The van der Waals surface area contributed by atoms with Crippen LogP contribution in [0.1, 0.15) is 0 Å². The minimum Gasteiger partial charge on any atom is -0.456 e. The van der Waals surface area contributed by atoms with Crippen molar-refractivity contribution in [2.75, 3.05) is 0 Å². The molecule has 0 radical (unpaired) electrons. The lowest BCUT2D eigenvalue weighted by molar-refractivity contribution is 0.669. The van der Waals surface area contributed by atoms with E-state index in [0.29, 0.717) is 17.5 Å². The van der Waals surface area contributed by atoms with Crippen LogP contribution in [0.5, 0.6) is 0 Å². The van der Waals surface area contributed by atoms with Gasteiger partial charge in [-0.15, -0.1) is 0 Å². The summed E-state index contributed by atoms with van der Waals surface area (Å²) in [6, 6.07) is 61.1. The molecule has 0 N–H and O–H groups in total. The van der Waals surface area contributed by atoms with E-state index in [-0.39, 0.29) is 0 Å². The van der Waals surface area contributed by atoms with Crippen LogP contribution in [0, 0.1) is 0 Å². The lowest BCUT2D eigenvalue weighted by Crippen LogP contribution is -2.00. The first kappa shape index (κ1) is 29.0. The lowest BCUT2D eigenvalue weighted by Gasteiger charge is -2.14. The molecule has 4 nitrogen and oxygen atoms in total. The molecule has 0 aliphatic rings. The van der Waals surface area contributed by atoms with Gasteiger partial charge in [0, 0.05) is 27.5 Å². The van der Waals surface area contributed by atoms with E-state index in [1.54, 1.807) is 0 Å². The van der Waals surface area contributed by atoms with Crippen LogP contribution in [0.4, 0.5) is 0 Å². The van der Waals surface area contributed by atoms with Crippen LogP contribution in [0.25, 0.3) is 99.9 Å². The van der Waals surface area contributed by atoms with E-state index in [0.717, 1.165) is 55.1 Å². The third kappa shape index (κ3) is 5.04. The first-order valence-corrected chi connectivity index (χ1v) is 17.1. The van der Waals surface area contributed by atoms with Gasteiger partial charge in [0.2, 0.25) is 0 Å². The predicted molar refractivity (Wildman–Crippen MR) is 209 cm³/mol. The molecule has 4 heteroatoms. The van der Waals surface area contributed by atoms with Crippen molar-refractivity contribution in [3.8, 4) is 56.4 Å². The molecule has 0 bridgehead atoms. The summed E-state index contributed by atoms with van der Waals surface area (Å²) in [4.78, 5) is 15.5. The van der Waals surface area contributed by atoms with E-state index in [4.69, 9.17) is 19.4 Å². The van der Waals surface area contributed by atoms with Crippen molar-refractivity contribution in [1.29, 1.82) is 0 Å². The Morgan fingerprint density at radius 3 is 1.71 bits per heavy atom. The molecule has 238 valence electrons. The molecule has 0 saturated heterocycles. The van der Waals surface area contributed by atoms with Crippen LogP contribution >= 0.6 is 0 Å². The van der Waals surface area contributed by atoms with Crippen molar-refractivity contribution >= 4 is 43.5 Å². The largest absolute Gasteiger partial charge is 0.456 e. The Labute approximate surface area is 294 Å². The van der Waals surface area contributed by atoms with Gasteiger partial charge in [-0.2, -0.15) is 0 Å². The molecule has 0 aliphatic carbocycles. The van der Waals surface area contributed by atoms with Crippen LogP contribution in [0.2, 0.25) is 0 Å². The van der Waals surface area contributed by atoms with E-state index in [1.165, 1.54) is 27.3 Å². The highest BCUT2D eigenvalue weighted by atomic mass is 16.3. The van der Waals surface area contributed by atoms with Gasteiger partial charge in [0.1, 0.15) is 11.2 Å². The topological polar surface area (TPSA) is 51.8 Å². The van der Waals surface area contributed by atoms with Crippen molar-refractivity contribution in [2.45, 2.75) is 0 Å². The van der Waals surface area contributed by atoms with Gasteiger partial charge >= 0.3 is 0 Å². The number of nitrogens with zero attached hydrogens (tertiary/aromatic N) is 3. The monoisotopic (exact) mass is 651 g/mol. The van der Waals surface area contributed by atoms with Crippen molar-refractivity contribution in [1.82, 2.24) is 15.0 Å². The number of hydrogen-bond donors (Lipinski definition) is 0. The molecule has 51 heavy (non-hydrogen) atoms. The zero-order valence-electron chi connectivity index (χ0n) is 27.5. The maximum Gasteiger partial charge on any atom is 0.164 e. The molecular weight excluding hydrogens is 623 g/mol. The van der Waals surface area contributed by atoms with Crippen molar-refractivity contribution < 1.29 is 4.42 Å². The maximum absolute atomic E-state index is 6.27. The quantitative estimate of drug-likeness (QED) is 0.174. The number of rotatable bonds is 5. The summed E-state index contributed by atoms with van der Waals surface area (Å²) in [5.74, 6) is 1.82. The number of fused-ring (bicyclic) bond motifs is 6. The minimum absolute atomic E-state index is 0.598. The smallest absolute Gasteiger partial charge is 0.164 e. The number of aromatic nitrogens is 3. The zero-order chi connectivity index (χ0) is 33.7. The fourth-order valence-corrected chi connectivity index (χ4v) is 7.26. The van der Waals surface area contributed by atoms with Crippen molar-refractivity contribution in [3.05, 3.63) is 176 Å². The second-order valence-electron chi connectivity index (χ2n) is 12.8. The molecule has 10 rings (SSSR count). The average Bonchev–Trinajstić information content (AvgIpc) is 3.60. The third-order valence-corrected chi connectivity index (χ3v) is 9.73. The van der Waals surface area contributed by atoms with Gasteiger partial charge in [-0.25, -0.2) is 15.0 Å². The van der Waals surface area contributed by atoms with Crippen LogP contribution in [-0.2, 0) is 0 Å². The van der Waals surface area contributed by atoms with Crippen LogP contribution < -0.4 is 0 Å². The van der Waals surface area contributed by atoms with Crippen LogP contribution in [0.3, 0.4) is 0 Å². The summed E-state index contributed by atoms with van der Waals surface area (Å²) in [6.45, 7) is 0. The van der Waals surface area contributed by atoms with E-state index in [1.807, 2.05) is 36.4 Å². The standard InChI is InChI=1S/C47H29N3O/c1-3-12-30(13-4-1)31-22-24-33(25-23-31)45-48-46(50-47(49-45)39-19-11-21-43-44(39)38-18-9-10-20-42(38)51-43)35-26-27-37-36-17-8-7-16-34(36)28-40(41(37)29-35)32-14-5-2-6-15-32/h1-29H. The highest BCUT2D eigenvalue weighted by molar-refractivity contribution is 6.15. The fourth-order valence-electron chi connectivity index (χ4n) is 7.26. The Hall–Kier alpha value is -6.91. The van der Waals surface area contributed by atoms with E-state index >= 15 is 0 Å². The highest BCUT2D eigenvalue weighted by Crippen LogP contribution is 2.39. The Morgan fingerprint density at radius 1 is 0.314 bits per heavy atom. The summed E-state index contributed by atoms with van der Waals surface area (Å²) in [6.07, 6.45) is 0. The second kappa shape index (κ2) is 11.9. The van der Waals surface area contributed by atoms with E-state index < -0.39 is 0 Å². The molecule has 0 fully saturated rings. The summed E-state index contributed by atoms with van der Waals surface area (Å²) >= 11 is 0. The average molecular weight is 652 g/mol. The van der Waals surface area contributed by atoms with Gasteiger partial charge in [0.15, 0.2) is 17.5 Å². The SMILES string of the molecule is c1ccc(-c2ccc(-c3nc(-c4ccc5c(c4)c(-c4ccccc4)cc4ccccc45)nc(-c4cccc5oc6ccccc6c45)n3)cc2)cc1. The number of para-hydroxylation sites is 1. The summed E-state index contributed by atoms with van der Waals surface area (Å²) in [5, 5.41) is 6.79. The Bertz CT molecular complexity index is 2900. The van der Waals surface area contributed by atoms with E-state index in [9.17, 15) is 0 Å². The summed E-state index contributed by atoms with van der Waals surface area (Å²) in [7, 11) is 0. The van der Waals surface area contributed by atoms with Crippen LogP contribution in [-0.4, -0.2) is 15.0 Å². The molecule has 0 saturated carbocycles. The fraction of sp³-hybridized carbons (Fsp3) is 0. The normalized spacial score (nSPS) is 11.5. The molecule has 0 unspecified atom stereocenters. The Kier molecular flexibility index (Phi) is 6.78. The van der Waals surface area contributed by atoms with Gasteiger partial charge in [-0.3, -0.25) is 0 Å². The molecule has 2 heterocycles. The minimum atomic E-state index is 0.598. The highest BCUT2D eigenvalue weighted by Gasteiger charge is 2.19. The molecule has 0 aliphatic heterocycles. The van der Waals surface area contributed by atoms with E-state index in [2.05, 4.69) is 140 Å². The first-order valence-electron chi connectivity index (χ1n) is 17.1. The molecule has 10 aromatic rings.